The van der Waals surface area contributed by atoms with Crippen LogP contribution < -0.4 is 5.32 Å². The third kappa shape index (κ3) is 4.59. The first-order valence-corrected chi connectivity index (χ1v) is 11.3. The van der Waals surface area contributed by atoms with Crippen LogP contribution in [0.2, 0.25) is 0 Å². The number of nitrogens with one attached hydrogen (secondary N) is 1. The second-order valence-electron chi connectivity index (χ2n) is 7.76. The number of aryl methyl sites for hydroxylation is 1. The van der Waals surface area contributed by atoms with Gasteiger partial charge in [-0.25, -0.2) is 0 Å². The Kier molecular flexibility index (Phi) is 6.97. The lowest BCUT2D eigenvalue weighted by molar-refractivity contribution is 0.188. The van der Waals surface area contributed by atoms with Crippen molar-refractivity contribution >= 4 is 22.9 Å². The Morgan fingerprint density at radius 2 is 1.88 bits per heavy atom. The van der Waals surface area contributed by atoms with Crippen LogP contribution in [0.5, 0.6) is 0 Å². The first-order chi connectivity index (χ1) is 15.6. The van der Waals surface area contributed by atoms with Crippen LogP contribution in [0.25, 0.3) is 17.0 Å². The molecule has 1 N–H and O–H groups in total. The number of aromatic nitrogens is 2. The predicted molar refractivity (Wildman–Crippen MR) is 130 cm³/mol. The standard InChI is InChI=1S/C25H28N4O2S/c1-4-18-11-13-19(14-12-18)22-21(17(2)29(25(32)26-22)15-8-16-30-3)24-27-23(28-31-24)20-9-6-5-7-10-20/h5-7,9-14,22H,4,8,15-16H2,1-3H3,(H,26,32). The molecule has 6 nitrogen and oxygen atoms in total. The summed E-state index contributed by atoms with van der Waals surface area (Å²) in [5.74, 6) is 1.07. The molecular weight excluding hydrogens is 420 g/mol. The van der Waals surface area contributed by atoms with E-state index in [-0.39, 0.29) is 6.04 Å². The lowest BCUT2D eigenvalue weighted by atomic mass is 9.94. The highest BCUT2D eigenvalue weighted by Crippen LogP contribution is 2.37. The van der Waals surface area contributed by atoms with Crippen LogP contribution in [0, 0.1) is 0 Å². The van der Waals surface area contributed by atoms with Gasteiger partial charge in [-0.05, 0) is 43.1 Å². The van der Waals surface area contributed by atoms with E-state index < -0.39 is 0 Å². The summed E-state index contributed by atoms with van der Waals surface area (Å²) in [5, 5.41) is 8.45. The molecule has 166 valence electrons. The zero-order valence-corrected chi connectivity index (χ0v) is 19.5. The van der Waals surface area contributed by atoms with Gasteiger partial charge in [0.2, 0.25) is 5.82 Å². The summed E-state index contributed by atoms with van der Waals surface area (Å²) in [5.41, 5.74) is 5.27. The monoisotopic (exact) mass is 448 g/mol. The van der Waals surface area contributed by atoms with Crippen molar-refractivity contribution in [2.24, 2.45) is 0 Å². The summed E-state index contributed by atoms with van der Waals surface area (Å²) in [4.78, 5) is 6.84. The fourth-order valence-corrected chi connectivity index (χ4v) is 4.27. The van der Waals surface area contributed by atoms with E-state index in [1.165, 1.54) is 5.56 Å². The number of thiocarbonyl (C=S) groups is 1. The number of nitrogens with zero attached hydrogens (tertiary/aromatic N) is 3. The van der Waals surface area contributed by atoms with Crippen molar-refractivity contribution in [2.75, 3.05) is 20.3 Å². The molecule has 0 spiro atoms. The molecule has 3 aromatic rings. The maximum absolute atomic E-state index is 5.78. The number of ether oxygens (including phenoxy) is 1. The second-order valence-corrected chi connectivity index (χ2v) is 8.15. The van der Waals surface area contributed by atoms with Gasteiger partial charge in [0.05, 0.1) is 11.6 Å². The van der Waals surface area contributed by atoms with Crippen molar-refractivity contribution in [1.82, 2.24) is 20.4 Å². The Morgan fingerprint density at radius 3 is 2.56 bits per heavy atom. The lowest BCUT2D eigenvalue weighted by Crippen LogP contribution is -2.46. The highest BCUT2D eigenvalue weighted by molar-refractivity contribution is 7.80. The lowest BCUT2D eigenvalue weighted by Gasteiger charge is -2.37. The summed E-state index contributed by atoms with van der Waals surface area (Å²) in [7, 11) is 1.71. The van der Waals surface area contributed by atoms with Crippen LogP contribution >= 0.6 is 12.2 Å². The molecule has 0 aliphatic carbocycles. The molecule has 0 saturated heterocycles. The van der Waals surface area contributed by atoms with Gasteiger partial charge >= 0.3 is 0 Å². The van der Waals surface area contributed by atoms with E-state index in [0.717, 1.165) is 41.8 Å². The summed E-state index contributed by atoms with van der Waals surface area (Å²) in [6.07, 6.45) is 1.85. The van der Waals surface area contributed by atoms with Gasteiger partial charge in [-0.2, -0.15) is 4.98 Å². The van der Waals surface area contributed by atoms with E-state index >= 15 is 0 Å². The molecule has 0 radical (unpaired) electrons. The number of methoxy groups -OCH3 is 1. The summed E-state index contributed by atoms with van der Waals surface area (Å²) >= 11 is 5.74. The molecule has 32 heavy (non-hydrogen) atoms. The average molecular weight is 449 g/mol. The Balaban J connectivity index is 1.76. The SMILES string of the molecule is CCc1ccc(C2NC(=S)N(CCCOC)C(C)=C2c2nc(-c3ccccc3)no2)cc1. The minimum Gasteiger partial charge on any atom is -0.385 e. The minimum absolute atomic E-state index is 0.170. The molecule has 1 aliphatic rings. The Hall–Kier alpha value is -3.03. The summed E-state index contributed by atoms with van der Waals surface area (Å²) in [6.45, 7) is 5.63. The van der Waals surface area contributed by atoms with Crippen molar-refractivity contribution in [1.29, 1.82) is 0 Å². The molecular formula is C25H28N4O2S. The maximum Gasteiger partial charge on any atom is 0.258 e. The Bertz CT molecular complexity index is 1090. The number of hydrogen-bond acceptors (Lipinski definition) is 5. The zero-order valence-electron chi connectivity index (χ0n) is 18.7. The van der Waals surface area contributed by atoms with Crippen LogP contribution in [0.4, 0.5) is 0 Å². The van der Waals surface area contributed by atoms with Gasteiger partial charge < -0.3 is 19.5 Å². The van der Waals surface area contributed by atoms with E-state index in [4.69, 9.17) is 26.5 Å². The van der Waals surface area contributed by atoms with Gasteiger partial charge in [0.1, 0.15) is 0 Å². The third-order valence-corrected chi connectivity index (χ3v) is 6.07. The van der Waals surface area contributed by atoms with Crippen LogP contribution in [0.15, 0.2) is 64.8 Å². The molecule has 0 bridgehead atoms. The van der Waals surface area contributed by atoms with Gasteiger partial charge in [0, 0.05) is 31.5 Å². The van der Waals surface area contributed by atoms with Crippen molar-refractivity contribution in [3.05, 3.63) is 77.3 Å². The summed E-state index contributed by atoms with van der Waals surface area (Å²) < 4.78 is 11.0. The van der Waals surface area contributed by atoms with Crippen molar-refractivity contribution in [2.45, 2.75) is 32.7 Å². The number of rotatable bonds is 8. The first kappa shape index (κ1) is 22.2. The van der Waals surface area contributed by atoms with Gasteiger partial charge in [-0.3, -0.25) is 0 Å². The van der Waals surface area contributed by atoms with E-state index in [2.05, 4.69) is 53.5 Å². The molecule has 1 atom stereocenters. The van der Waals surface area contributed by atoms with Gasteiger partial charge in [0.25, 0.3) is 5.89 Å². The highest BCUT2D eigenvalue weighted by atomic mass is 32.1. The smallest absolute Gasteiger partial charge is 0.258 e. The van der Waals surface area contributed by atoms with E-state index in [1.54, 1.807) is 7.11 Å². The molecule has 7 heteroatoms. The van der Waals surface area contributed by atoms with Crippen LogP contribution in [-0.2, 0) is 11.2 Å². The zero-order chi connectivity index (χ0) is 22.5. The predicted octanol–water partition coefficient (Wildman–Crippen LogP) is 5.00. The fourth-order valence-electron chi connectivity index (χ4n) is 3.93. The van der Waals surface area contributed by atoms with Crippen molar-refractivity contribution < 1.29 is 9.26 Å². The van der Waals surface area contributed by atoms with Crippen molar-refractivity contribution in [3.63, 3.8) is 0 Å². The fraction of sp³-hybridized carbons (Fsp3) is 0.320. The van der Waals surface area contributed by atoms with Crippen LogP contribution in [0.3, 0.4) is 0 Å². The molecule has 2 aromatic carbocycles. The summed E-state index contributed by atoms with van der Waals surface area (Å²) in [6, 6.07) is 18.3. The minimum atomic E-state index is -0.170. The molecule has 0 fully saturated rings. The average Bonchev–Trinajstić information content (AvgIpc) is 3.31. The number of hydrogen-bond donors (Lipinski definition) is 1. The molecule has 4 rings (SSSR count). The molecule has 1 unspecified atom stereocenters. The van der Waals surface area contributed by atoms with Crippen molar-refractivity contribution in [3.8, 4) is 11.4 Å². The third-order valence-electron chi connectivity index (χ3n) is 5.74. The second kappa shape index (κ2) is 10.1. The number of allylic oxidation sites excluding steroid dienone is 1. The van der Waals surface area contributed by atoms with Gasteiger partial charge in [-0.1, -0.05) is 66.7 Å². The first-order valence-electron chi connectivity index (χ1n) is 10.9. The molecule has 1 aromatic heterocycles. The van der Waals surface area contributed by atoms with E-state index in [1.807, 2.05) is 30.3 Å². The molecule has 2 heterocycles. The maximum atomic E-state index is 5.78. The van der Waals surface area contributed by atoms with Crippen LogP contribution in [-0.4, -0.2) is 40.4 Å². The largest absolute Gasteiger partial charge is 0.385 e. The number of benzene rings is 2. The molecule has 0 amide bonds. The van der Waals surface area contributed by atoms with Gasteiger partial charge in [-0.15, -0.1) is 0 Å². The van der Waals surface area contributed by atoms with E-state index in [9.17, 15) is 0 Å². The Labute approximate surface area is 194 Å². The highest BCUT2D eigenvalue weighted by Gasteiger charge is 2.33. The van der Waals surface area contributed by atoms with Gasteiger partial charge in [0.15, 0.2) is 5.11 Å². The Morgan fingerprint density at radius 1 is 1.12 bits per heavy atom. The molecule has 1 aliphatic heterocycles. The quantitative estimate of drug-likeness (QED) is 0.384. The normalized spacial score (nSPS) is 16.4. The van der Waals surface area contributed by atoms with E-state index in [0.29, 0.717) is 23.4 Å². The topological polar surface area (TPSA) is 63.4 Å². The molecule has 0 saturated carbocycles. The van der Waals surface area contributed by atoms with Crippen LogP contribution in [0.1, 0.15) is 43.3 Å².